The first-order chi connectivity index (χ1) is 11.7. The van der Waals surface area contributed by atoms with Crippen LogP contribution >= 0.6 is 11.8 Å². The predicted molar refractivity (Wildman–Crippen MR) is 96.7 cm³/mol. The van der Waals surface area contributed by atoms with Crippen molar-refractivity contribution in [3.05, 3.63) is 36.2 Å². The van der Waals surface area contributed by atoms with Crippen LogP contribution in [0.15, 0.2) is 35.7 Å². The van der Waals surface area contributed by atoms with Gasteiger partial charge in [-0.3, -0.25) is 4.90 Å². The maximum absolute atomic E-state index is 5.12. The Kier molecular flexibility index (Phi) is 5.52. The van der Waals surface area contributed by atoms with Gasteiger partial charge >= 0.3 is 0 Å². The minimum absolute atomic E-state index is 0.452. The monoisotopic (exact) mass is 345 g/mol. The highest BCUT2D eigenvalue weighted by Crippen LogP contribution is 2.20. The highest BCUT2D eigenvalue weighted by Gasteiger charge is 2.24. The largest absolute Gasteiger partial charge is 0.481 e. The number of aromatic nitrogens is 3. The van der Waals surface area contributed by atoms with Crippen LogP contribution in [-0.4, -0.2) is 58.9 Å². The van der Waals surface area contributed by atoms with Gasteiger partial charge in [0.1, 0.15) is 5.82 Å². The maximum atomic E-state index is 5.12. The van der Waals surface area contributed by atoms with Gasteiger partial charge in [-0.05, 0) is 24.8 Å². The van der Waals surface area contributed by atoms with Crippen LogP contribution in [0, 0.1) is 0 Å². The summed E-state index contributed by atoms with van der Waals surface area (Å²) in [5.74, 6) is 1.68. The Bertz CT molecular complexity index is 666. The summed E-state index contributed by atoms with van der Waals surface area (Å²) < 4.78 is 5.12. The van der Waals surface area contributed by atoms with E-state index in [0.29, 0.717) is 11.9 Å². The fourth-order valence-electron chi connectivity index (χ4n) is 2.90. The summed E-state index contributed by atoms with van der Waals surface area (Å²) in [5.41, 5.74) is 1.21. The molecule has 1 saturated heterocycles. The van der Waals surface area contributed by atoms with Crippen molar-refractivity contribution in [1.29, 1.82) is 0 Å². The summed E-state index contributed by atoms with van der Waals surface area (Å²) in [6.45, 7) is 6.12. The van der Waals surface area contributed by atoms with Gasteiger partial charge < -0.3 is 9.64 Å². The first-order valence-corrected chi connectivity index (χ1v) is 9.27. The zero-order valence-electron chi connectivity index (χ0n) is 14.3. The summed E-state index contributed by atoms with van der Waals surface area (Å²) in [6.07, 6.45) is 5.74. The molecular weight excluding hydrogens is 322 g/mol. The van der Waals surface area contributed by atoms with E-state index >= 15 is 0 Å². The number of hydrogen-bond acceptors (Lipinski definition) is 7. The third-order valence-electron chi connectivity index (χ3n) is 4.28. The second-order valence-corrected chi connectivity index (χ2v) is 6.65. The second kappa shape index (κ2) is 7.81. The Hall–Kier alpha value is -1.86. The second-order valence-electron chi connectivity index (χ2n) is 5.88. The van der Waals surface area contributed by atoms with Gasteiger partial charge in [0.25, 0.3) is 0 Å². The van der Waals surface area contributed by atoms with Crippen LogP contribution < -0.4 is 9.64 Å². The molecule has 0 radical (unpaired) electrons. The lowest BCUT2D eigenvalue weighted by molar-refractivity contribution is 0.180. The SMILES string of the molecule is COc1ccc(CN2CCN(c3ccnc(SC)n3)CC2C)cn1. The van der Waals surface area contributed by atoms with Crippen molar-refractivity contribution in [3.63, 3.8) is 0 Å². The molecule has 1 atom stereocenters. The van der Waals surface area contributed by atoms with E-state index in [1.807, 2.05) is 30.8 Å². The molecular formula is C17H23N5OS. The molecule has 1 unspecified atom stereocenters. The lowest BCUT2D eigenvalue weighted by Crippen LogP contribution is -2.51. The Morgan fingerprint density at radius 1 is 1.25 bits per heavy atom. The minimum atomic E-state index is 0.452. The van der Waals surface area contributed by atoms with Gasteiger partial charge in [0, 0.05) is 50.7 Å². The summed E-state index contributed by atoms with van der Waals surface area (Å²) in [5, 5.41) is 0.826. The van der Waals surface area contributed by atoms with Gasteiger partial charge in [-0.1, -0.05) is 17.8 Å². The van der Waals surface area contributed by atoms with Gasteiger partial charge in [-0.15, -0.1) is 0 Å². The van der Waals surface area contributed by atoms with Crippen molar-refractivity contribution in [3.8, 4) is 5.88 Å². The fraction of sp³-hybridized carbons (Fsp3) is 0.471. The number of hydrogen-bond donors (Lipinski definition) is 0. The molecule has 2 aromatic heterocycles. The van der Waals surface area contributed by atoms with Gasteiger partial charge in [0.05, 0.1) is 7.11 Å². The average Bonchev–Trinajstić information content (AvgIpc) is 2.64. The van der Waals surface area contributed by atoms with Crippen molar-refractivity contribution >= 4 is 17.6 Å². The van der Waals surface area contributed by atoms with Crippen LogP contribution in [-0.2, 0) is 6.54 Å². The van der Waals surface area contributed by atoms with Gasteiger partial charge in [-0.2, -0.15) is 0 Å². The van der Waals surface area contributed by atoms with E-state index in [2.05, 4.69) is 37.7 Å². The summed E-state index contributed by atoms with van der Waals surface area (Å²) in [4.78, 5) is 18.0. The highest BCUT2D eigenvalue weighted by atomic mass is 32.2. The Morgan fingerprint density at radius 2 is 2.12 bits per heavy atom. The van der Waals surface area contributed by atoms with E-state index in [1.54, 1.807) is 18.9 Å². The number of ether oxygens (including phenoxy) is 1. The van der Waals surface area contributed by atoms with Crippen molar-refractivity contribution in [1.82, 2.24) is 19.9 Å². The molecule has 6 nitrogen and oxygen atoms in total. The van der Waals surface area contributed by atoms with E-state index in [4.69, 9.17) is 4.74 Å². The van der Waals surface area contributed by atoms with Crippen LogP contribution in [0.3, 0.4) is 0 Å². The Morgan fingerprint density at radius 3 is 2.79 bits per heavy atom. The molecule has 1 fully saturated rings. The topological polar surface area (TPSA) is 54.4 Å². The summed E-state index contributed by atoms with van der Waals surface area (Å²) >= 11 is 1.58. The molecule has 0 spiro atoms. The highest BCUT2D eigenvalue weighted by molar-refractivity contribution is 7.98. The van der Waals surface area contributed by atoms with Gasteiger partial charge in [0.2, 0.25) is 5.88 Å². The van der Waals surface area contributed by atoms with Crippen LogP contribution in [0.1, 0.15) is 12.5 Å². The molecule has 2 aromatic rings. The fourth-order valence-corrected chi connectivity index (χ4v) is 3.26. The molecule has 3 rings (SSSR count). The molecule has 1 aliphatic rings. The minimum Gasteiger partial charge on any atom is -0.481 e. The van der Waals surface area contributed by atoms with Gasteiger partial charge in [-0.25, -0.2) is 15.0 Å². The van der Waals surface area contributed by atoms with Crippen molar-refractivity contribution in [2.24, 2.45) is 0 Å². The van der Waals surface area contributed by atoms with Crippen molar-refractivity contribution < 1.29 is 4.74 Å². The molecule has 0 saturated carbocycles. The summed E-state index contributed by atoms with van der Waals surface area (Å²) in [7, 11) is 1.64. The van der Waals surface area contributed by atoms with Crippen molar-refractivity contribution in [2.45, 2.75) is 24.7 Å². The molecule has 0 aliphatic carbocycles. The number of rotatable bonds is 5. The number of anilines is 1. The molecule has 0 aromatic carbocycles. The third kappa shape index (κ3) is 3.96. The average molecular weight is 345 g/mol. The Labute approximate surface area is 147 Å². The smallest absolute Gasteiger partial charge is 0.212 e. The molecule has 128 valence electrons. The normalized spacial score (nSPS) is 18.6. The van der Waals surface area contributed by atoms with E-state index in [1.165, 1.54) is 5.56 Å². The molecule has 0 amide bonds. The number of thioether (sulfide) groups is 1. The standard InChI is InChI=1S/C17H23N5OS/c1-13-11-22(15-6-7-18-17(20-15)24-3)9-8-21(13)12-14-4-5-16(23-2)19-10-14/h4-7,10,13H,8-9,11-12H2,1-3H3. The third-order valence-corrected chi connectivity index (χ3v) is 4.84. The van der Waals surface area contributed by atoms with Crippen LogP contribution in [0.2, 0.25) is 0 Å². The first kappa shape index (κ1) is 17.0. The lowest BCUT2D eigenvalue weighted by atomic mass is 10.1. The molecule has 1 aliphatic heterocycles. The first-order valence-electron chi connectivity index (χ1n) is 8.04. The van der Waals surface area contributed by atoms with Crippen LogP contribution in [0.4, 0.5) is 5.82 Å². The van der Waals surface area contributed by atoms with E-state index in [0.717, 1.165) is 37.2 Å². The number of nitrogens with zero attached hydrogens (tertiary/aromatic N) is 5. The maximum Gasteiger partial charge on any atom is 0.212 e. The number of pyridine rings is 1. The zero-order chi connectivity index (χ0) is 16.9. The van der Waals surface area contributed by atoms with Crippen LogP contribution in [0.5, 0.6) is 5.88 Å². The molecule has 0 N–H and O–H groups in total. The summed E-state index contributed by atoms with van der Waals surface area (Å²) in [6, 6.07) is 6.45. The van der Waals surface area contributed by atoms with Crippen LogP contribution in [0.25, 0.3) is 0 Å². The predicted octanol–water partition coefficient (Wildman–Crippen LogP) is 2.31. The molecule has 3 heterocycles. The lowest BCUT2D eigenvalue weighted by Gasteiger charge is -2.40. The van der Waals surface area contributed by atoms with E-state index < -0.39 is 0 Å². The molecule has 24 heavy (non-hydrogen) atoms. The van der Waals surface area contributed by atoms with E-state index in [9.17, 15) is 0 Å². The van der Waals surface area contributed by atoms with Gasteiger partial charge in [0.15, 0.2) is 5.16 Å². The molecule has 7 heteroatoms. The van der Waals surface area contributed by atoms with E-state index in [-0.39, 0.29) is 0 Å². The Balaban J connectivity index is 1.62. The zero-order valence-corrected chi connectivity index (χ0v) is 15.2. The number of piperazine rings is 1. The number of methoxy groups -OCH3 is 1. The molecule has 0 bridgehead atoms. The quantitative estimate of drug-likeness (QED) is 0.609. The van der Waals surface area contributed by atoms with Crippen molar-refractivity contribution in [2.75, 3.05) is 37.9 Å².